The normalized spacial score (nSPS) is 16.9. The number of anilines is 1. The Kier molecular flexibility index (Phi) is 5.57. The molecule has 10 heteroatoms. The van der Waals surface area contributed by atoms with E-state index in [1.165, 1.54) is 29.2 Å². The van der Waals surface area contributed by atoms with E-state index < -0.39 is 24.5 Å². The molecule has 1 aliphatic heterocycles. The largest absolute Gasteiger partial charge is 0.478 e. The van der Waals surface area contributed by atoms with Crippen LogP contribution in [0.25, 0.3) is 0 Å². The number of amides is 2. The van der Waals surface area contributed by atoms with E-state index in [-0.39, 0.29) is 23.0 Å². The van der Waals surface area contributed by atoms with Crippen molar-refractivity contribution in [3.63, 3.8) is 0 Å². The number of alkyl halides is 2. The molecule has 0 aliphatic carbocycles. The number of hydrogen-bond acceptors (Lipinski definition) is 5. The van der Waals surface area contributed by atoms with E-state index in [4.69, 9.17) is 9.52 Å². The van der Waals surface area contributed by atoms with Gasteiger partial charge in [0, 0.05) is 18.3 Å². The average Bonchev–Trinajstić information content (AvgIpc) is 3.14. The zero-order chi connectivity index (χ0) is 20.3. The van der Waals surface area contributed by atoms with Gasteiger partial charge in [-0.25, -0.2) is 4.79 Å². The fraction of sp³-hybridized carbons (Fsp3) is 0.278. The van der Waals surface area contributed by atoms with Gasteiger partial charge in [0.15, 0.2) is 5.76 Å². The lowest BCUT2D eigenvalue weighted by atomic mass is 10.0. The molecule has 8 nitrogen and oxygen atoms in total. The number of carbonyl (C=O) groups is 3. The second-order valence-corrected chi connectivity index (χ2v) is 6.04. The van der Waals surface area contributed by atoms with Gasteiger partial charge in [-0.1, -0.05) is 0 Å². The smallest absolute Gasteiger partial charge is 0.387 e. The minimum atomic E-state index is -2.94. The Labute approximate surface area is 157 Å². The summed E-state index contributed by atoms with van der Waals surface area (Å²) in [5.41, 5.74) is 0.310. The Morgan fingerprint density at radius 3 is 2.61 bits per heavy atom. The molecule has 0 saturated carbocycles. The zero-order valence-corrected chi connectivity index (χ0v) is 14.4. The first-order valence-electron chi connectivity index (χ1n) is 8.34. The van der Waals surface area contributed by atoms with E-state index in [1.807, 2.05) is 0 Å². The van der Waals surface area contributed by atoms with E-state index in [0.717, 1.165) is 12.3 Å². The molecule has 148 valence electrons. The maximum Gasteiger partial charge on any atom is 0.387 e. The van der Waals surface area contributed by atoms with Crippen molar-refractivity contribution in [2.75, 3.05) is 11.4 Å². The maximum absolute atomic E-state index is 12.7. The van der Waals surface area contributed by atoms with Crippen LogP contribution in [0.2, 0.25) is 0 Å². The third-order valence-corrected chi connectivity index (χ3v) is 4.19. The number of nitrogens with one attached hydrogen (secondary N) is 1. The average molecular weight is 394 g/mol. The Bertz CT molecular complexity index is 880. The summed E-state index contributed by atoms with van der Waals surface area (Å²) in [7, 11) is 0. The van der Waals surface area contributed by atoms with Crippen LogP contribution in [0.1, 0.15) is 33.8 Å². The molecular weight excluding hydrogens is 378 g/mol. The molecule has 1 atom stereocenters. The number of benzene rings is 1. The first-order chi connectivity index (χ1) is 13.3. The molecule has 2 aromatic rings. The number of carbonyl (C=O) groups excluding carboxylic acids is 2. The third-order valence-electron chi connectivity index (χ3n) is 4.19. The fourth-order valence-corrected chi connectivity index (χ4v) is 2.87. The van der Waals surface area contributed by atoms with Crippen LogP contribution in [0, 0.1) is 0 Å². The lowest BCUT2D eigenvalue weighted by Crippen LogP contribution is -2.52. The predicted octanol–water partition coefficient (Wildman–Crippen LogP) is 2.50. The minimum Gasteiger partial charge on any atom is -0.478 e. The monoisotopic (exact) mass is 394 g/mol. The molecule has 3 rings (SSSR count). The van der Waals surface area contributed by atoms with Gasteiger partial charge in [0.1, 0.15) is 18.1 Å². The van der Waals surface area contributed by atoms with Crippen molar-refractivity contribution in [3.8, 4) is 5.75 Å². The number of furan rings is 1. The number of rotatable bonds is 6. The first kappa shape index (κ1) is 19.3. The molecule has 28 heavy (non-hydrogen) atoms. The van der Waals surface area contributed by atoms with Crippen LogP contribution in [0.5, 0.6) is 5.75 Å². The lowest BCUT2D eigenvalue weighted by molar-refractivity contribution is -0.121. The molecule has 1 aromatic carbocycles. The van der Waals surface area contributed by atoms with Crippen molar-refractivity contribution in [2.45, 2.75) is 25.5 Å². The summed E-state index contributed by atoms with van der Waals surface area (Å²) in [5, 5.41) is 11.4. The topological polar surface area (TPSA) is 109 Å². The number of piperidine rings is 1. The van der Waals surface area contributed by atoms with Gasteiger partial charge in [-0.05, 0) is 37.1 Å². The van der Waals surface area contributed by atoms with Crippen LogP contribution in [-0.2, 0) is 4.79 Å². The summed E-state index contributed by atoms with van der Waals surface area (Å²) in [6.07, 6.45) is 1.94. The molecule has 1 fully saturated rings. The van der Waals surface area contributed by atoms with E-state index in [9.17, 15) is 23.2 Å². The van der Waals surface area contributed by atoms with Gasteiger partial charge in [0.05, 0.1) is 5.56 Å². The van der Waals surface area contributed by atoms with Crippen molar-refractivity contribution in [1.29, 1.82) is 0 Å². The van der Waals surface area contributed by atoms with Crippen LogP contribution in [-0.4, -0.2) is 42.1 Å². The summed E-state index contributed by atoms with van der Waals surface area (Å²) < 4.78 is 33.7. The molecule has 1 unspecified atom stereocenters. The van der Waals surface area contributed by atoms with Gasteiger partial charge >= 0.3 is 12.6 Å². The second kappa shape index (κ2) is 8.07. The molecule has 2 heterocycles. The number of nitrogens with zero attached hydrogens (tertiary/aromatic N) is 1. The highest BCUT2D eigenvalue weighted by molar-refractivity contribution is 6.02. The number of carboxylic acids is 1. The van der Waals surface area contributed by atoms with Crippen molar-refractivity contribution in [1.82, 2.24) is 5.32 Å². The van der Waals surface area contributed by atoms with Crippen LogP contribution in [0.15, 0.2) is 41.0 Å². The number of aromatic carboxylic acids is 1. The van der Waals surface area contributed by atoms with Gasteiger partial charge in [-0.15, -0.1) is 0 Å². The van der Waals surface area contributed by atoms with Crippen molar-refractivity contribution >= 4 is 23.5 Å². The van der Waals surface area contributed by atoms with Gasteiger partial charge < -0.3 is 24.5 Å². The molecule has 0 radical (unpaired) electrons. The Morgan fingerprint density at radius 2 is 2.00 bits per heavy atom. The Hall–Kier alpha value is -3.43. The summed E-state index contributed by atoms with van der Waals surface area (Å²) >= 11 is 0. The van der Waals surface area contributed by atoms with Crippen LogP contribution in [0.3, 0.4) is 0 Å². The fourth-order valence-electron chi connectivity index (χ4n) is 2.87. The zero-order valence-electron chi connectivity index (χ0n) is 14.4. The number of hydrogen-bond donors (Lipinski definition) is 2. The number of halogens is 2. The number of ether oxygens (including phenoxy) is 1. The molecule has 2 amide bonds. The third kappa shape index (κ3) is 4.27. The van der Waals surface area contributed by atoms with Gasteiger partial charge in [0.25, 0.3) is 5.91 Å². The minimum absolute atomic E-state index is 0.0277. The summed E-state index contributed by atoms with van der Waals surface area (Å²) in [6, 6.07) is 5.86. The highest BCUT2D eigenvalue weighted by Gasteiger charge is 2.31. The van der Waals surface area contributed by atoms with Crippen LogP contribution < -0.4 is 15.0 Å². The van der Waals surface area contributed by atoms with E-state index >= 15 is 0 Å². The van der Waals surface area contributed by atoms with Crippen molar-refractivity contribution < 1.29 is 37.4 Å². The molecule has 0 bridgehead atoms. The van der Waals surface area contributed by atoms with Gasteiger partial charge in [-0.3, -0.25) is 9.59 Å². The SMILES string of the molecule is O=C(O)c1coc(C(=O)NC2CCCN(c3ccc(OC(F)F)cc3)C2=O)c1. The second-order valence-electron chi connectivity index (χ2n) is 6.04. The van der Waals surface area contributed by atoms with Crippen molar-refractivity contribution in [2.24, 2.45) is 0 Å². The highest BCUT2D eigenvalue weighted by Crippen LogP contribution is 2.25. The van der Waals surface area contributed by atoms with E-state index in [2.05, 4.69) is 10.1 Å². The lowest BCUT2D eigenvalue weighted by Gasteiger charge is -2.32. The summed E-state index contributed by atoms with van der Waals surface area (Å²) in [5.74, 6) is -2.54. The highest BCUT2D eigenvalue weighted by atomic mass is 19.3. The van der Waals surface area contributed by atoms with Crippen LogP contribution in [0.4, 0.5) is 14.5 Å². The predicted molar refractivity (Wildman–Crippen MR) is 91.6 cm³/mol. The molecule has 2 N–H and O–H groups in total. The van der Waals surface area contributed by atoms with Crippen molar-refractivity contribution in [3.05, 3.63) is 47.9 Å². The summed E-state index contributed by atoms with van der Waals surface area (Å²) in [6.45, 7) is -2.53. The van der Waals surface area contributed by atoms with Gasteiger partial charge in [-0.2, -0.15) is 8.78 Å². The molecule has 1 saturated heterocycles. The van der Waals surface area contributed by atoms with Crippen LogP contribution >= 0.6 is 0 Å². The van der Waals surface area contributed by atoms with E-state index in [1.54, 1.807) is 0 Å². The first-order valence-corrected chi connectivity index (χ1v) is 8.34. The Balaban J connectivity index is 1.67. The molecule has 1 aromatic heterocycles. The van der Waals surface area contributed by atoms with Gasteiger partial charge in [0.2, 0.25) is 5.91 Å². The maximum atomic E-state index is 12.7. The summed E-state index contributed by atoms with van der Waals surface area (Å²) in [4.78, 5) is 37.2. The van der Waals surface area contributed by atoms with E-state index in [0.29, 0.717) is 25.1 Å². The molecular formula is C18H16F2N2O6. The standard InChI is InChI=1S/C18H16F2N2O6/c19-18(20)28-12-5-3-11(4-6-12)22-7-1-2-13(16(22)24)21-15(23)14-8-10(9-27-14)17(25)26/h3-6,8-9,13,18H,1-2,7H2,(H,21,23)(H,25,26). The molecule has 0 spiro atoms. The quantitative estimate of drug-likeness (QED) is 0.779. The number of carboxylic acid groups (broad SMARTS) is 1. The Morgan fingerprint density at radius 1 is 1.29 bits per heavy atom. The molecule has 1 aliphatic rings.